The Bertz CT molecular complexity index is 2610. The van der Waals surface area contributed by atoms with Gasteiger partial charge in [0.1, 0.15) is 23.0 Å². The highest BCUT2D eigenvalue weighted by Crippen LogP contribution is 2.29. The number of aromatic nitrogens is 1. The number of unbranched alkanes of at least 4 members (excludes halogenated alkanes) is 6. The highest BCUT2D eigenvalue weighted by molar-refractivity contribution is 7.14. The van der Waals surface area contributed by atoms with Crippen molar-refractivity contribution in [2.24, 2.45) is 5.10 Å². The van der Waals surface area contributed by atoms with E-state index in [2.05, 4.69) is 48.0 Å². The molecule has 0 spiro atoms. The van der Waals surface area contributed by atoms with Crippen molar-refractivity contribution in [3.05, 3.63) is 157 Å². The number of nitrogens with zero attached hydrogens (tertiary/aromatic N) is 2. The van der Waals surface area contributed by atoms with Gasteiger partial charge >= 0.3 is 23.9 Å². The van der Waals surface area contributed by atoms with Crippen molar-refractivity contribution in [2.45, 2.75) is 51.4 Å². The summed E-state index contributed by atoms with van der Waals surface area (Å²) in [7, 11) is 0. The minimum absolute atomic E-state index is 0.179. The van der Waals surface area contributed by atoms with Crippen molar-refractivity contribution in [1.82, 2.24) is 4.98 Å². The molecule has 66 heavy (non-hydrogen) atoms. The Morgan fingerprint density at radius 2 is 1.14 bits per heavy atom. The Morgan fingerprint density at radius 3 is 1.73 bits per heavy atom. The first-order chi connectivity index (χ1) is 32.3. The van der Waals surface area contributed by atoms with E-state index in [4.69, 9.17) is 33.4 Å². The zero-order chi connectivity index (χ0) is 46.4. The number of carbonyl (C=O) groups excluding carboxylic acids is 4. The number of hydrogen-bond acceptors (Lipinski definition) is 14. The van der Waals surface area contributed by atoms with E-state index in [-0.39, 0.29) is 11.5 Å². The summed E-state index contributed by atoms with van der Waals surface area (Å²) >= 11 is 1.39. The number of anilines is 1. The summed E-state index contributed by atoms with van der Waals surface area (Å²) in [6.45, 7) is 8.50. The topological polar surface area (TPSA) is 161 Å². The normalized spacial score (nSPS) is 10.8. The molecule has 1 N–H and O–H groups in total. The number of rotatable bonds is 26. The van der Waals surface area contributed by atoms with Crippen LogP contribution in [-0.4, -0.2) is 61.5 Å². The molecule has 13 nitrogen and oxygen atoms in total. The zero-order valence-corrected chi connectivity index (χ0v) is 37.3. The van der Waals surface area contributed by atoms with Crippen LogP contribution in [0.4, 0.5) is 5.13 Å². The maximum absolute atomic E-state index is 13.4. The van der Waals surface area contributed by atoms with E-state index in [9.17, 15) is 19.2 Å². The number of ether oxygens (including phenoxy) is 6. The van der Waals surface area contributed by atoms with Crippen molar-refractivity contribution < 1.29 is 47.6 Å². The van der Waals surface area contributed by atoms with Crippen LogP contribution in [0, 0.1) is 0 Å². The van der Waals surface area contributed by atoms with E-state index in [0.717, 1.165) is 85.5 Å². The number of hydrazone groups is 1. The maximum atomic E-state index is 13.4. The monoisotopic (exact) mass is 909 g/mol. The molecule has 0 aliphatic heterocycles. The minimum atomic E-state index is -0.611. The molecule has 1 aromatic heterocycles. The second-order valence-electron chi connectivity index (χ2n) is 14.8. The summed E-state index contributed by atoms with van der Waals surface area (Å²) in [5, 5.41) is 9.14. The number of hydrogen-bond donors (Lipinski definition) is 1. The van der Waals surface area contributed by atoms with E-state index >= 15 is 0 Å². The number of thiazole rings is 1. The molecule has 1 heterocycles. The fourth-order valence-corrected chi connectivity index (χ4v) is 7.07. The number of carbonyl (C=O) groups is 4. The van der Waals surface area contributed by atoms with E-state index in [1.807, 2.05) is 23.6 Å². The molecule has 6 aromatic rings. The highest BCUT2D eigenvalue weighted by Gasteiger charge is 2.16. The molecule has 0 saturated heterocycles. The molecule has 0 fully saturated rings. The summed E-state index contributed by atoms with van der Waals surface area (Å²) in [5.74, 6) is -0.438. The largest absolute Gasteiger partial charge is 0.494 e. The van der Waals surface area contributed by atoms with Crippen LogP contribution >= 0.6 is 11.3 Å². The van der Waals surface area contributed by atoms with E-state index in [1.54, 1.807) is 54.6 Å². The second kappa shape index (κ2) is 25.6. The fourth-order valence-electron chi connectivity index (χ4n) is 6.41. The Hall–Kier alpha value is -7.58. The first kappa shape index (κ1) is 47.9. The van der Waals surface area contributed by atoms with Gasteiger partial charge in [-0.3, -0.25) is 5.43 Å². The molecular formula is C52H51N3O10S. The Labute approximate surface area is 387 Å². The van der Waals surface area contributed by atoms with Crippen LogP contribution < -0.4 is 24.4 Å². The average molecular weight is 910 g/mol. The van der Waals surface area contributed by atoms with Gasteiger partial charge in [-0.2, -0.15) is 5.10 Å². The van der Waals surface area contributed by atoms with Gasteiger partial charge in [-0.05, 0) is 135 Å². The lowest BCUT2D eigenvalue weighted by molar-refractivity contribution is -0.138. The van der Waals surface area contributed by atoms with Crippen LogP contribution in [0.1, 0.15) is 77.6 Å². The fraction of sp³-hybridized carbons (Fsp3) is 0.231. The molecule has 0 amide bonds. The quantitative estimate of drug-likeness (QED) is 0.0137. The standard InChI is InChI=1S/C52H51N3O10S/c1-3-48(56)62-31-13-7-5-11-29-60-43-23-19-38(20-24-43)50(58)64-45-27-28-47(65-51(59)39-21-25-44(26-22-39)61-30-12-6-8-14-32-63-49(57)4-2)42(34-45)35-53-55-52-54-46(36-66-52)41-18-17-37-15-9-10-16-40(37)33-41/h3-4,9-10,15-28,33-36H,1-2,5-8,11-14,29-32H2,(H,54,55)/b53-35+. The molecule has 0 aliphatic rings. The lowest BCUT2D eigenvalue weighted by Crippen LogP contribution is -2.11. The molecule has 14 heteroatoms. The van der Waals surface area contributed by atoms with Crippen LogP contribution in [0.3, 0.4) is 0 Å². The highest BCUT2D eigenvalue weighted by atomic mass is 32.1. The molecule has 0 radical (unpaired) electrons. The van der Waals surface area contributed by atoms with E-state index in [0.29, 0.717) is 59.7 Å². The van der Waals surface area contributed by atoms with Crippen LogP contribution in [0.5, 0.6) is 23.0 Å². The lowest BCUT2D eigenvalue weighted by atomic mass is 10.1. The van der Waals surface area contributed by atoms with E-state index in [1.165, 1.54) is 29.7 Å². The predicted molar refractivity (Wildman–Crippen MR) is 256 cm³/mol. The maximum Gasteiger partial charge on any atom is 0.343 e. The van der Waals surface area contributed by atoms with Gasteiger partial charge in [0, 0.05) is 28.7 Å². The van der Waals surface area contributed by atoms with Crippen LogP contribution in [0.15, 0.2) is 145 Å². The van der Waals surface area contributed by atoms with Crippen molar-refractivity contribution in [3.63, 3.8) is 0 Å². The molecule has 340 valence electrons. The van der Waals surface area contributed by atoms with Crippen LogP contribution in [0.2, 0.25) is 0 Å². The minimum Gasteiger partial charge on any atom is -0.494 e. The summed E-state index contributed by atoms with van der Waals surface area (Å²) in [4.78, 5) is 53.6. The Balaban J connectivity index is 1.06. The molecule has 0 atom stereocenters. The van der Waals surface area contributed by atoms with Crippen molar-refractivity contribution in [1.29, 1.82) is 0 Å². The van der Waals surface area contributed by atoms with Gasteiger partial charge in [0.25, 0.3) is 0 Å². The molecule has 6 rings (SSSR count). The zero-order valence-electron chi connectivity index (χ0n) is 36.5. The Morgan fingerprint density at radius 1 is 0.591 bits per heavy atom. The first-order valence-corrected chi connectivity index (χ1v) is 22.5. The molecule has 0 aliphatic carbocycles. The van der Waals surface area contributed by atoms with Crippen LogP contribution in [-0.2, 0) is 19.1 Å². The van der Waals surface area contributed by atoms with E-state index < -0.39 is 23.9 Å². The summed E-state index contributed by atoms with van der Waals surface area (Å²) in [6.07, 6.45) is 10.6. The number of fused-ring (bicyclic) bond motifs is 1. The summed E-state index contributed by atoms with van der Waals surface area (Å²) in [5.41, 5.74) is 5.70. The van der Waals surface area contributed by atoms with Crippen molar-refractivity contribution >= 4 is 57.3 Å². The first-order valence-electron chi connectivity index (χ1n) is 21.6. The molecule has 5 aromatic carbocycles. The number of benzene rings is 5. The second-order valence-corrected chi connectivity index (χ2v) is 15.6. The van der Waals surface area contributed by atoms with Gasteiger partial charge in [0.2, 0.25) is 5.13 Å². The third-order valence-electron chi connectivity index (χ3n) is 9.92. The smallest absolute Gasteiger partial charge is 0.343 e. The van der Waals surface area contributed by atoms with Gasteiger partial charge in [0.05, 0.1) is 49.5 Å². The third kappa shape index (κ3) is 15.3. The third-order valence-corrected chi connectivity index (χ3v) is 10.7. The van der Waals surface area contributed by atoms with Gasteiger partial charge in [-0.25, -0.2) is 24.2 Å². The number of esters is 4. The molecule has 0 saturated carbocycles. The van der Waals surface area contributed by atoms with Gasteiger partial charge in [0.15, 0.2) is 0 Å². The Kier molecular flexibility index (Phi) is 18.6. The lowest BCUT2D eigenvalue weighted by Gasteiger charge is -2.11. The number of nitrogens with one attached hydrogen (secondary N) is 1. The van der Waals surface area contributed by atoms with Crippen molar-refractivity contribution in [3.8, 4) is 34.3 Å². The summed E-state index contributed by atoms with van der Waals surface area (Å²) < 4.78 is 33.3. The average Bonchev–Trinajstić information content (AvgIpc) is 3.82. The van der Waals surface area contributed by atoms with Gasteiger partial charge in [-0.15, -0.1) is 11.3 Å². The molecule has 0 bridgehead atoms. The van der Waals surface area contributed by atoms with Gasteiger partial charge in [-0.1, -0.05) is 49.6 Å². The van der Waals surface area contributed by atoms with Crippen molar-refractivity contribution in [2.75, 3.05) is 31.9 Å². The molecular weight excluding hydrogens is 859 g/mol. The van der Waals surface area contributed by atoms with Crippen LogP contribution in [0.25, 0.3) is 22.0 Å². The summed E-state index contributed by atoms with van der Waals surface area (Å²) in [6, 6.07) is 32.2. The predicted octanol–water partition coefficient (Wildman–Crippen LogP) is 11.2. The SMILES string of the molecule is C=CC(=O)OCCCCCCOc1ccc(C(=O)Oc2ccc(OC(=O)c3ccc(OCCCCCCOC(=O)C=C)cc3)c(/C=N/Nc3nc(-c4ccc5ccccc5c4)cs3)c2)cc1. The van der Waals surface area contributed by atoms with Gasteiger partial charge < -0.3 is 28.4 Å². The molecule has 0 unspecified atom stereocenters.